The molecule has 0 aliphatic carbocycles. The number of ether oxygens (including phenoxy) is 1. The third kappa shape index (κ3) is 3.47. The molecule has 94 valence electrons. The molecule has 5 heteroatoms. The largest absolute Gasteiger partial charge is 0.444 e. The van der Waals surface area contributed by atoms with E-state index in [0.29, 0.717) is 18.2 Å². The Morgan fingerprint density at radius 2 is 2.06 bits per heavy atom. The van der Waals surface area contributed by atoms with Crippen molar-refractivity contribution in [3.63, 3.8) is 0 Å². The summed E-state index contributed by atoms with van der Waals surface area (Å²) < 4.78 is 16.4. The fourth-order valence-corrected chi connectivity index (χ4v) is 2.73. The van der Waals surface area contributed by atoms with Gasteiger partial charge in [0.25, 0.3) is 0 Å². The molecule has 0 aromatic carbocycles. The fourth-order valence-electron chi connectivity index (χ4n) is 1.74. The van der Waals surface area contributed by atoms with Gasteiger partial charge in [0.1, 0.15) is 5.60 Å². The van der Waals surface area contributed by atoms with E-state index in [1.165, 1.54) is 0 Å². The molecule has 0 radical (unpaired) electrons. The van der Waals surface area contributed by atoms with Crippen LogP contribution in [0.3, 0.4) is 0 Å². The van der Waals surface area contributed by atoms with E-state index in [4.69, 9.17) is 4.74 Å². The van der Waals surface area contributed by atoms with E-state index in [1.807, 2.05) is 27.7 Å². The summed E-state index contributed by atoms with van der Waals surface area (Å²) in [6, 6.07) is 0.138. The van der Waals surface area contributed by atoms with Crippen LogP contribution in [0.4, 0.5) is 4.79 Å². The highest BCUT2D eigenvalue weighted by Crippen LogP contribution is 2.27. The summed E-state index contributed by atoms with van der Waals surface area (Å²) in [4.78, 5) is 13.4. The van der Waals surface area contributed by atoms with E-state index in [1.54, 1.807) is 11.2 Å². The highest BCUT2D eigenvalue weighted by molar-refractivity contribution is 7.84. The standard InChI is InChI=1S/C11H21NO3S/c1-8-9(7-16(5)14)6-12(8)10(13)15-11(2,3)4/h8-9H,6-7H2,1-5H3/t8-,9-,16?/m1/s1. The van der Waals surface area contributed by atoms with Gasteiger partial charge in [0.2, 0.25) is 0 Å². The summed E-state index contributed by atoms with van der Waals surface area (Å²) in [6.45, 7) is 8.20. The van der Waals surface area contributed by atoms with Crippen molar-refractivity contribution in [1.82, 2.24) is 4.90 Å². The van der Waals surface area contributed by atoms with Gasteiger partial charge in [0.15, 0.2) is 0 Å². The second-order valence-electron chi connectivity index (χ2n) is 5.37. The maximum Gasteiger partial charge on any atom is 0.410 e. The first-order chi connectivity index (χ1) is 7.20. The van der Waals surface area contributed by atoms with Crippen molar-refractivity contribution in [3.05, 3.63) is 0 Å². The highest BCUT2D eigenvalue weighted by atomic mass is 32.2. The number of hydrogen-bond donors (Lipinski definition) is 0. The summed E-state index contributed by atoms with van der Waals surface area (Å²) in [5.74, 6) is 1.01. The lowest BCUT2D eigenvalue weighted by atomic mass is 9.92. The van der Waals surface area contributed by atoms with E-state index < -0.39 is 16.4 Å². The molecular weight excluding hydrogens is 226 g/mol. The minimum atomic E-state index is -0.791. The number of carbonyl (C=O) groups excluding carboxylic acids is 1. The minimum Gasteiger partial charge on any atom is -0.444 e. The van der Waals surface area contributed by atoms with Crippen molar-refractivity contribution in [3.8, 4) is 0 Å². The number of amides is 1. The zero-order valence-corrected chi connectivity index (χ0v) is 11.5. The second-order valence-corrected chi connectivity index (χ2v) is 6.85. The number of hydrogen-bond acceptors (Lipinski definition) is 3. The molecule has 16 heavy (non-hydrogen) atoms. The summed E-state index contributed by atoms with van der Waals surface area (Å²) in [6.07, 6.45) is 1.43. The summed E-state index contributed by atoms with van der Waals surface area (Å²) in [5.41, 5.74) is -0.449. The number of rotatable bonds is 2. The number of nitrogens with zero attached hydrogens (tertiary/aromatic N) is 1. The molecule has 1 aliphatic rings. The molecule has 4 nitrogen and oxygen atoms in total. The van der Waals surface area contributed by atoms with Gasteiger partial charge in [-0.1, -0.05) is 0 Å². The van der Waals surface area contributed by atoms with Gasteiger partial charge in [0.05, 0.1) is 0 Å². The van der Waals surface area contributed by atoms with Crippen LogP contribution in [-0.2, 0) is 15.5 Å². The zero-order valence-electron chi connectivity index (χ0n) is 10.6. The average molecular weight is 247 g/mol. The van der Waals surface area contributed by atoms with Crippen LogP contribution in [0.5, 0.6) is 0 Å². The Labute approximate surface area is 99.8 Å². The molecule has 1 fully saturated rings. The van der Waals surface area contributed by atoms with Crippen LogP contribution in [0.2, 0.25) is 0 Å². The van der Waals surface area contributed by atoms with Gasteiger partial charge in [-0.05, 0) is 27.7 Å². The topological polar surface area (TPSA) is 46.6 Å². The first-order valence-corrected chi connectivity index (χ1v) is 7.23. The Morgan fingerprint density at radius 1 is 1.50 bits per heavy atom. The van der Waals surface area contributed by atoms with Gasteiger partial charge in [-0.25, -0.2) is 4.79 Å². The molecular formula is C11H21NO3S. The van der Waals surface area contributed by atoms with Gasteiger partial charge >= 0.3 is 6.09 Å². The lowest BCUT2D eigenvalue weighted by Gasteiger charge is -2.46. The monoisotopic (exact) mass is 247 g/mol. The predicted molar refractivity (Wildman–Crippen MR) is 64.8 cm³/mol. The SMILES string of the molecule is C[C@@H]1[C@@H](CS(C)=O)CN1C(=O)OC(C)(C)C. The third-order valence-electron chi connectivity index (χ3n) is 2.68. The lowest BCUT2D eigenvalue weighted by molar-refractivity contribution is -0.0200. The second kappa shape index (κ2) is 4.73. The van der Waals surface area contributed by atoms with Crippen LogP contribution in [0, 0.1) is 5.92 Å². The maximum atomic E-state index is 11.7. The normalized spacial score (nSPS) is 27.2. The molecule has 1 rings (SSSR count). The van der Waals surface area contributed by atoms with Crippen LogP contribution < -0.4 is 0 Å². The van der Waals surface area contributed by atoms with Crippen molar-refractivity contribution in [1.29, 1.82) is 0 Å². The van der Waals surface area contributed by atoms with Crippen LogP contribution in [0.25, 0.3) is 0 Å². The molecule has 0 spiro atoms. The average Bonchev–Trinajstić information content (AvgIpc) is 2.07. The van der Waals surface area contributed by atoms with Gasteiger partial charge in [-0.15, -0.1) is 0 Å². The van der Waals surface area contributed by atoms with E-state index in [9.17, 15) is 9.00 Å². The van der Waals surface area contributed by atoms with Gasteiger partial charge in [-0.3, -0.25) is 4.21 Å². The van der Waals surface area contributed by atoms with E-state index in [-0.39, 0.29) is 12.1 Å². The highest BCUT2D eigenvalue weighted by Gasteiger charge is 2.40. The Morgan fingerprint density at radius 3 is 2.44 bits per heavy atom. The summed E-state index contributed by atoms with van der Waals surface area (Å²) in [7, 11) is -0.791. The number of carbonyl (C=O) groups is 1. The van der Waals surface area contributed by atoms with Crippen molar-refractivity contribution in [2.75, 3.05) is 18.6 Å². The van der Waals surface area contributed by atoms with Crippen LogP contribution in [0.1, 0.15) is 27.7 Å². The molecule has 1 heterocycles. The van der Waals surface area contributed by atoms with Crippen molar-refractivity contribution < 1.29 is 13.7 Å². The van der Waals surface area contributed by atoms with Crippen molar-refractivity contribution in [2.24, 2.45) is 5.92 Å². The van der Waals surface area contributed by atoms with Crippen LogP contribution >= 0.6 is 0 Å². The Bertz CT molecular complexity index is 298. The molecule has 1 aliphatic heterocycles. The predicted octanol–water partition coefficient (Wildman–Crippen LogP) is 1.62. The molecule has 0 aromatic rings. The Balaban J connectivity index is 2.43. The van der Waals surface area contributed by atoms with Gasteiger partial charge < -0.3 is 9.64 Å². The van der Waals surface area contributed by atoms with Crippen LogP contribution in [-0.4, -0.2) is 45.4 Å². The smallest absolute Gasteiger partial charge is 0.410 e. The van der Waals surface area contributed by atoms with E-state index >= 15 is 0 Å². The molecule has 0 bridgehead atoms. The molecule has 1 amide bonds. The maximum absolute atomic E-state index is 11.7. The summed E-state index contributed by atoms with van der Waals surface area (Å²) in [5, 5.41) is 0. The first kappa shape index (κ1) is 13.5. The van der Waals surface area contributed by atoms with Crippen molar-refractivity contribution >= 4 is 16.9 Å². The molecule has 3 atom stereocenters. The van der Waals surface area contributed by atoms with Crippen molar-refractivity contribution in [2.45, 2.75) is 39.3 Å². The quantitative estimate of drug-likeness (QED) is 0.745. The molecule has 1 unspecified atom stereocenters. The van der Waals surface area contributed by atoms with Gasteiger partial charge in [0, 0.05) is 41.3 Å². The number of likely N-dealkylation sites (tertiary alicyclic amines) is 1. The molecule has 1 saturated heterocycles. The first-order valence-electron chi connectivity index (χ1n) is 5.50. The molecule has 0 aromatic heterocycles. The zero-order chi connectivity index (χ0) is 12.5. The fraction of sp³-hybridized carbons (Fsp3) is 0.909. The van der Waals surface area contributed by atoms with Crippen LogP contribution in [0.15, 0.2) is 0 Å². The molecule has 0 saturated carbocycles. The molecule has 0 N–H and O–H groups in total. The lowest BCUT2D eigenvalue weighted by Crippen LogP contribution is -2.59. The Kier molecular flexibility index (Phi) is 3.99. The third-order valence-corrected chi connectivity index (χ3v) is 3.58. The Hall–Kier alpha value is -0.580. The minimum absolute atomic E-state index is 0.138. The summed E-state index contributed by atoms with van der Waals surface area (Å²) >= 11 is 0. The van der Waals surface area contributed by atoms with Gasteiger partial charge in [-0.2, -0.15) is 0 Å². The van der Waals surface area contributed by atoms with E-state index in [2.05, 4.69) is 0 Å². The van der Waals surface area contributed by atoms with E-state index in [0.717, 1.165) is 0 Å².